The lowest BCUT2D eigenvalue weighted by Crippen LogP contribution is -2.46. The van der Waals surface area contributed by atoms with Gasteiger partial charge in [-0.2, -0.15) is 13.2 Å². The van der Waals surface area contributed by atoms with E-state index < -0.39 is 12.1 Å². The second kappa shape index (κ2) is 4.45. The molecule has 0 amide bonds. The molecule has 0 aromatic heterocycles. The molecule has 0 radical (unpaired) electrons. The van der Waals surface area contributed by atoms with Gasteiger partial charge in [0.25, 0.3) is 0 Å². The van der Waals surface area contributed by atoms with Crippen molar-refractivity contribution < 1.29 is 13.2 Å². The number of alkyl halides is 3. The van der Waals surface area contributed by atoms with Gasteiger partial charge in [0.05, 0.1) is 5.92 Å². The molecule has 17 heavy (non-hydrogen) atoms. The summed E-state index contributed by atoms with van der Waals surface area (Å²) in [6.45, 7) is 5.12. The van der Waals surface area contributed by atoms with Crippen molar-refractivity contribution in [3.8, 4) is 0 Å². The minimum Gasteiger partial charge on any atom is -0.313 e. The molecule has 2 rings (SSSR count). The highest BCUT2D eigenvalue weighted by atomic mass is 19.4. The summed E-state index contributed by atoms with van der Waals surface area (Å²) in [5, 5.41) is 3.18. The minimum atomic E-state index is -4.03. The van der Waals surface area contributed by atoms with E-state index in [1.54, 1.807) is 0 Å². The molecule has 0 aliphatic heterocycles. The van der Waals surface area contributed by atoms with Gasteiger partial charge in [0.2, 0.25) is 0 Å². The Kier molecular flexibility index (Phi) is 3.45. The maximum Gasteiger partial charge on any atom is 0.393 e. The molecule has 1 nitrogen and oxygen atoms in total. The summed E-state index contributed by atoms with van der Waals surface area (Å²) >= 11 is 0. The van der Waals surface area contributed by atoms with Crippen LogP contribution in [0.1, 0.15) is 46.0 Å². The first-order valence-electron chi connectivity index (χ1n) is 6.61. The summed E-state index contributed by atoms with van der Waals surface area (Å²) in [7, 11) is 0. The molecular weight excluding hydrogens is 227 g/mol. The van der Waals surface area contributed by atoms with Crippen LogP contribution in [0.15, 0.2) is 0 Å². The van der Waals surface area contributed by atoms with Gasteiger partial charge in [-0.15, -0.1) is 0 Å². The minimum absolute atomic E-state index is 0.301. The van der Waals surface area contributed by atoms with Crippen LogP contribution in [-0.4, -0.2) is 18.8 Å². The van der Waals surface area contributed by atoms with Crippen molar-refractivity contribution in [1.82, 2.24) is 5.32 Å². The monoisotopic (exact) mass is 249 g/mol. The topological polar surface area (TPSA) is 12.0 Å². The molecule has 1 N–H and O–H groups in total. The van der Waals surface area contributed by atoms with E-state index in [1.165, 1.54) is 0 Å². The van der Waals surface area contributed by atoms with E-state index in [1.807, 2.05) is 0 Å². The van der Waals surface area contributed by atoms with Gasteiger partial charge in [-0.1, -0.05) is 26.7 Å². The van der Waals surface area contributed by atoms with E-state index in [0.717, 1.165) is 25.8 Å². The van der Waals surface area contributed by atoms with Crippen LogP contribution in [0.5, 0.6) is 0 Å². The molecule has 2 aliphatic rings. The van der Waals surface area contributed by atoms with Crippen molar-refractivity contribution in [2.75, 3.05) is 6.54 Å². The van der Waals surface area contributed by atoms with Gasteiger partial charge in [-0.05, 0) is 37.1 Å². The fraction of sp³-hybridized carbons (Fsp3) is 1.00. The Morgan fingerprint density at radius 1 is 1.18 bits per heavy atom. The van der Waals surface area contributed by atoms with Crippen molar-refractivity contribution in [2.45, 2.75) is 58.2 Å². The second-order valence-corrected chi connectivity index (χ2v) is 6.34. The van der Waals surface area contributed by atoms with E-state index in [-0.39, 0.29) is 6.04 Å². The lowest BCUT2D eigenvalue weighted by Gasteiger charge is -2.33. The van der Waals surface area contributed by atoms with E-state index in [2.05, 4.69) is 19.2 Å². The molecule has 3 unspecified atom stereocenters. The summed E-state index contributed by atoms with van der Waals surface area (Å²) < 4.78 is 38.5. The summed E-state index contributed by atoms with van der Waals surface area (Å²) in [5.74, 6) is -0.559. The highest BCUT2D eigenvalue weighted by Crippen LogP contribution is 2.51. The Labute approximate surface area is 101 Å². The second-order valence-electron chi connectivity index (χ2n) is 6.34. The number of halogens is 3. The van der Waals surface area contributed by atoms with Crippen LogP contribution in [0.3, 0.4) is 0 Å². The summed E-state index contributed by atoms with van der Waals surface area (Å²) in [6, 6.07) is -0.347. The van der Waals surface area contributed by atoms with Gasteiger partial charge < -0.3 is 5.32 Å². The third-order valence-corrected chi connectivity index (χ3v) is 4.53. The highest BCUT2D eigenvalue weighted by Gasteiger charge is 2.48. The third-order valence-electron chi connectivity index (χ3n) is 4.53. The maximum absolute atomic E-state index is 12.8. The van der Waals surface area contributed by atoms with Crippen LogP contribution >= 0.6 is 0 Å². The van der Waals surface area contributed by atoms with Crippen LogP contribution in [0.2, 0.25) is 0 Å². The van der Waals surface area contributed by atoms with E-state index in [4.69, 9.17) is 0 Å². The summed E-state index contributed by atoms with van der Waals surface area (Å²) in [5.41, 5.74) is 0.343. The van der Waals surface area contributed by atoms with Crippen molar-refractivity contribution in [1.29, 1.82) is 0 Å². The SMILES string of the molecule is CC1(C)CC1CNC1CCCCC1C(F)(F)F. The van der Waals surface area contributed by atoms with Crippen LogP contribution in [0.25, 0.3) is 0 Å². The fourth-order valence-electron chi connectivity index (χ4n) is 2.99. The van der Waals surface area contributed by atoms with Gasteiger partial charge in [0.1, 0.15) is 0 Å². The zero-order chi connectivity index (χ0) is 12.7. The predicted octanol–water partition coefficient (Wildman–Crippen LogP) is 3.74. The first-order valence-corrected chi connectivity index (χ1v) is 6.61. The molecule has 2 aliphatic carbocycles. The Morgan fingerprint density at radius 2 is 1.76 bits per heavy atom. The van der Waals surface area contributed by atoms with Crippen molar-refractivity contribution >= 4 is 0 Å². The number of hydrogen-bond acceptors (Lipinski definition) is 1. The molecule has 0 aromatic carbocycles. The maximum atomic E-state index is 12.8. The summed E-state index contributed by atoms with van der Waals surface area (Å²) in [6.07, 6.45) is -0.261. The molecule has 0 saturated heterocycles. The smallest absolute Gasteiger partial charge is 0.313 e. The van der Waals surface area contributed by atoms with Crippen LogP contribution in [0.4, 0.5) is 13.2 Å². The first kappa shape index (κ1) is 13.2. The molecule has 0 aromatic rings. The summed E-state index contributed by atoms with van der Waals surface area (Å²) in [4.78, 5) is 0. The molecular formula is C13H22F3N. The fourth-order valence-corrected chi connectivity index (χ4v) is 2.99. The highest BCUT2D eigenvalue weighted by molar-refractivity contribution is 4.97. The van der Waals surface area contributed by atoms with Crippen LogP contribution < -0.4 is 5.32 Å². The predicted molar refractivity (Wildman–Crippen MR) is 61.7 cm³/mol. The van der Waals surface area contributed by atoms with Gasteiger partial charge in [-0.3, -0.25) is 0 Å². The van der Waals surface area contributed by atoms with Crippen molar-refractivity contribution in [3.63, 3.8) is 0 Å². The average Bonchev–Trinajstić information content (AvgIpc) is 2.83. The zero-order valence-corrected chi connectivity index (χ0v) is 10.6. The van der Waals surface area contributed by atoms with Gasteiger partial charge in [-0.25, -0.2) is 0 Å². The lowest BCUT2D eigenvalue weighted by molar-refractivity contribution is -0.188. The van der Waals surface area contributed by atoms with E-state index >= 15 is 0 Å². The first-order chi connectivity index (χ1) is 7.81. The Balaban J connectivity index is 1.85. The van der Waals surface area contributed by atoms with Crippen LogP contribution in [0, 0.1) is 17.3 Å². The molecule has 2 fully saturated rings. The quantitative estimate of drug-likeness (QED) is 0.803. The third kappa shape index (κ3) is 3.15. The largest absolute Gasteiger partial charge is 0.393 e. The molecule has 0 heterocycles. The number of nitrogens with one attached hydrogen (secondary N) is 1. The van der Waals surface area contributed by atoms with Gasteiger partial charge in [0.15, 0.2) is 0 Å². The molecule has 4 heteroatoms. The van der Waals surface area contributed by atoms with Crippen molar-refractivity contribution in [2.24, 2.45) is 17.3 Å². The lowest BCUT2D eigenvalue weighted by atomic mass is 9.84. The molecule has 0 spiro atoms. The molecule has 2 saturated carbocycles. The average molecular weight is 249 g/mol. The Morgan fingerprint density at radius 3 is 2.29 bits per heavy atom. The normalized spacial score (nSPS) is 36.9. The van der Waals surface area contributed by atoms with Crippen LogP contribution in [-0.2, 0) is 0 Å². The van der Waals surface area contributed by atoms with Crippen molar-refractivity contribution in [3.05, 3.63) is 0 Å². The molecule has 0 bridgehead atoms. The number of rotatable bonds is 3. The molecule has 3 atom stereocenters. The zero-order valence-electron chi connectivity index (χ0n) is 10.6. The Hall–Kier alpha value is -0.250. The standard InChI is InChI=1S/C13H22F3N/c1-12(2)7-9(12)8-17-11-6-4-3-5-10(11)13(14,15)16/h9-11,17H,3-8H2,1-2H3. The number of hydrogen-bond donors (Lipinski definition) is 1. The Bertz CT molecular complexity index is 272. The van der Waals surface area contributed by atoms with E-state index in [9.17, 15) is 13.2 Å². The van der Waals surface area contributed by atoms with Gasteiger partial charge >= 0.3 is 6.18 Å². The molecule has 100 valence electrons. The van der Waals surface area contributed by atoms with Gasteiger partial charge in [0, 0.05) is 6.04 Å². The van der Waals surface area contributed by atoms with E-state index in [0.29, 0.717) is 24.2 Å².